The number of rotatable bonds is 5. The average Bonchev–Trinajstić information content (AvgIpc) is 2.66. The molecule has 0 aliphatic carbocycles. The fourth-order valence-corrected chi connectivity index (χ4v) is 4.65. The highest BCUT2D eigenvalue weighted by Gasteiger charge is 2.38. The van der Waals surface area contributed by atoms with Gasteiger partial charge in [-0.25, -0.2) is 18.4 Å². The molecule has 1 fully saturated rings. The lowest BCUT2D eigenvalue weighted by molar-refractivity contribution is 0.0956. The SMILES string of the molecule is CCSc1ncc(CN(C)[C@@H]2CS(=O)(=O)C[C@H]2O)cn1. The summed E-state index contributed by atoms with van der Waals surface area (Å²) in [5.74, 6) is 0.783. The summed E-state index contributed by atoms with van der Waals surface area (Å²) in [5, 5.41) is 10.6. The quantitative estimate of drug-likeness (QED) is 0.612. The highest BCUT2D eigenvalue weighted by atomic mass is 32.2. The lowest BCUT2D eigenvalue weighted by atomic mass is 10.2. The Labute approximate surface area is 123 Å². The van der Waals surface area contributed by atoms with E-state index in [0.717, 1.165) is 16.5 Å². The lowest BCUT2D eigenvalue weighted by Gasteiger charge is -2.25. The summed E-state index contributed by atoms with van der Waals surface area (Å²) >= 11 is 1.57. The van der Waals surface area contributed by atoms with Gasteiger partial charge in [0.15, 0.2) is 15.0 Å². The number of aliphatic hydroxyl groups is 1. The minimum Gasteiger partial charge on any atom is -0.390 e. The van der Waals surface area contributed by atoms with Crippen LogP contribution in [-0.2, 0) is 16.4 Å². The number of thioether (sulfide) groups is 1. The molecule has 0 bridgehead atoms. The number of nitrogens with zero attached hydrogens (tertiary/aromatic N) is 3. The summed E-state index contributed by atoms with van der Waals surface area (Å²) in [6.07, 6.45) is 2.68. The largest absolute Gasteiger partial charge is 0.390 e. The Morgan fingerprint density at radius 2 is 2.05 bits per heavy atom. The predicted molar refractivity (Wildman–Crippen MR) is 78.3 cm³/mol. The Bertz CT molecular complexity index is 548. The zero-order valence-electron chi connectivity index (χ0n) is 11.6. The number of sulfone groups is 1. The minimum atomic E-state index is -3.12. The number of likely N-dealkylation sites (N-methyl/N-ethyl adjacent to an activating group) is 1. The number of hydrogen-bond donors (Lipinski definition) is 1. The first-order chi connectivity index (χ1) is 9.41. The van der Waals surface area contributed by atoms with Crippen molar-refractivity contribution in [3.8, 4) is 0 Å². The van der Waals surface area contributed by atoms with Crippen LogP contribution in [0.1, 0.15) is 12.5 Å². The maximum atomic E-state index is 11.5. The zero-order valence-corrected chi connectivity index (χ0v) is 13.2. The van der Waals surface area contributed by atoms with Crippen LogP contribution in [0.25, 0.3) is 0 Å². The molecule has 2 atom stereocenters. The molecule has 0 unspecified atom stereocenters. The molecule has 0 radical (unpaired) electrons. The van der Waals surface area contributed by atoms with Crippen molar-refractivity contribution in [2.45, 2.75) is 30.8 Å². The van der Waals surface area contributed by atoms with Gasteiger partial charge in [0.25, 0.3) is 0 Å². The van der Waals surface area contributed by atoms with Crippen LogP contribution in [0.5, 0.6) is 0 Å². The summed E-state index contributed by atoms with van der Waals surface area (Å²) in [6.45, 7) is 2.56. The Balaban J connectivity index is 1.99. The topological polar surface area (TPSA) is 83.4 Å². The van der Waals surface area contributed by atoms with Gasteiger partial charge in [0.2, 0.25) is 0 Å². The summed E-state index contributed by atoms with van der Waals surface area (Å²) in [4.78, 5) is 10.3. The van der Waals surface area contributed by atoms with E-state index in [9.17, 15) is 13.5 Å². The molecule has 6 nitrogen and oxygen atoms in total. The van der Waals surface area contributed by atoms with E-state index in [0.29, 0.717) is 6.54 Å². The second kappa shape index (κ2) is 6.38. The van der Waals surface area contributed by atoms with Gasteiger partial charge in [0.05, 0.1) is 23.7 Å². The van der Waals surface area contributed by atoms with Gasteiger partial charge in [0.1, 0.15) is 0 Å². The van der Waals surface area contributed by atoms with E-state index in [1.54, 1.807) is 24.2 Å². The van der Waals surface area contributed by atoms with Crippen molar-refractivity contribution < 1.29 is 13.5 Å². The molecule has 2 heterocycles. The van der Waals surface area contributed by atoms with Gasteiger partial charge in [-0.15, -0.1) is 0 Å². The van der Waals surface area contributed by atoms with Gasteiger partial charge in [-0.2, -0.15) is 0 Å². The number of aliphatic hydroxyl groups excluding tert-OH is 1. The maximum Gasteiger partial charge on any atom is 0.187 e. The van der Waals surface area contributed by atoms with Crippen LogP contribution in [0, 0.1) is 0 Å². The Morgan fingerprint density at radius 3 is 2.55 bits per heavy atom. The van der Waals surface area contributed by atoms with Gasteiger partial charge in [-0.05, 0) is 12.8 Å². The van der Waals surface area contributed by atoms with E-state index in [1.807, 2.05) is 18.9 Å². The second-order valence-electron chi connectivity index (χ2n) is 4.93. The minimum absolute atomic E-state index is 0.00922. The molecule has 0 aromatic carbocycles. The number of aromatic nitrogens is 2. The molecule has 1 aromatic rings. The van der Waals surface area contributed by atoms with E-state index < -0.39 is 15.9 Å². The molecule has 0 amide bonds. The fraction of sp³-hybridized carbons (Fsp3) is 0.667. The van der Waals surface area contributed by atoms with Crippen LogP contribution >= 0.6 is 11.8 Å². The normalized spacial score (nSPS) is 25.2. The molecule has 2 rings (SSSR count). The summed E-state index contributed by atoms with van der Waals surface area (Å²) in [5.41, 5.74) is 0.907. The van der Waals surface area contributed by atoms with Crippen molar-refractivity contribution >= 4 is 21.6 Å². The van der Waals surface area contributed by atoms with Crippen molar-refractivity contribution in [1.29, 1.82) is 0 Å². The average molecular weight is 317 g/mol. The molecule has 1 aliphatic rings. The van der Waals surface area contributed by atoms with Gasteiger partial charge in [0, 0.05) is 24.5 Å². The smallest absolute Gasteiger partial charge is 0.187 e. The van der Waals surface area contributed by atoms with Crippen LogP contribution in [-0.4, -0.2) is 64.8 Å². The molecule has 112 valence electrons. The molecular formula is C12H19N3O3S2. The molecule has 1 saturated heterocycles. The van der Waals surface area contributed by atoms with Crippen LogP contribution in [0.15, 0.2) is 17.6 Å². The van der Waals surface area contributed by atoms with Gasteiger partial charge >= 0.3 is 0 Å². The standard InChI is InChI=1S/C12H19N3O3S2/c1-3-19-12-13-4-9(5-14-12)6-15(2)10-7-20(17,18)8-11(10)16/h4-5,10-11,16H,3,6-8H2,1-2H3/t10-,11-/m1/s1. The Hall–Kier alpha value is -0.700. The third kappa shape index (κ3) is 3.91. The molecule has 1 aliphatic heterocycles. The van der Waals surface area contributed by atoms with Crippen molar-refractivity contribution in [2.75, 3.05) is 24.3 Å². The Kier molecular flexibility index (Phi) is 5.00. The third-order valence-electron chi connectivity index (χ3n) is 3.25. The summed E-state index contributed by atoms with van der Waals surface area (Å²) in [7, 11) is -1.31. The summed E-state index contributed by atoms with van der Waals surface area (Å²) < 4.78 is 23.0. The summed E-state index contributed by atoms with van der Waals surface area (Å²) in [6, 6.07) is -0.357. The van der Waals surface area contributed by atoms with Crippen molar-refractivity contribution in [1.82, 2.24) is 14.9 Å². The Morgan fingerprint density at radius 1 is 1.40 bits per heavy atom. The number of hydrogen-bond acceptors (Lipinski definition) is 7. The van der Waals surface area contributed by atoms with E-state index in [-0.39, 0.29) is 17.5 Å². The van der Waals surface area contributed by atoms with E-state index >= 15 is 0 Å². The van der Waals surface area contributed by atoms with E-state index in [1.165, 1.54) is 0 Å². The molecule has 0 spiro atoms. The maximum absolute atomic E-state index is 11.5. The van der Waals surface area contributed by atoms with E-state index in [2.05, 4.69) is 9.97 Å². The van der Waals surface area contributed by atoms with Crippen molar-refractivity contribution in [3.63, 3.8) is 0 Å². The van der Waals surface area contributed by atoms with Gasteiger partial charge < -0.3 is 5.11 Å². The monoisotopic (exact) mass is 317 g/mol. The zero-order chi connectivity index (χ0) is 14.8. The predicted octanol–water partition coefficient (Wildman–Crippen LogP) is 0.178. The fourth-order valence-electron chi connectivity index (χ4n) is 2.26. The third-order valence-corrected chi connectivity index (χ3v) is 5.70. The molecule has 1 N–H and O–H groups in total. The first-order valence-electron chi connectivity index (χ1n) is 6.43. The lowest BCUT2D eigenvalue weighted by Crippen LogP contribution is -2.40. The highest BCUT2D eigenvalue weighted by Crippen LogP contribution is 2.19. The van der Waals surface area contributed by atoms with Crippen LogP contribution in [0.2, 0.25) is 0 Å². The van der Waals surface area contributed by atoms with Gasteiger partial charge in [-0.3, -0.25) is 4.90 Å². The molecule has 0 saturated carbocycles. The van der Waals surface area contributed by atoms with Gasteiger partial charge in [-0.1, -0.05) is 18.7 Å². The first-order valence-corrected chi connectivity index (χ1v) is 9.24. The van der Waals surface area contributed by atoms with Crippen LogP contribution in [0.4, 0.5) is 0 Å². The van der Waals surface area contributed by atoms with Crippen LogP contribution in [0.3, 0.4) is 0 Å². The molecule has 8 heteroatoms. The first kappa shape index (κ1) is 15.7. The molecule has 1 aromatic heterocycles. The molecular weight excluding hydrogens is 298 g/mol. The molecule has 20 heavy (non-hydrogen) atoms. The van der Waals surface area contributed by atoms with Crippen molar-refractivity contribution in [3.05, 3.63) is 18.0 Å². The highest BCUT2D eigenvalue weighted by molar-refractivity contribution is 7.99. The van der Waals surface area contributed by atoms with Crippen LogP contribution < -0.4 is 0 Å². The van der Waals surface area contributed by atoms with E-state index in [4.69, 9.17) is 0 Å². The van der Waals surface area contributed by atoms with Crippen molar-refractivity contribution in [2.24, 2.45) is 0 Å². The second-order valence-corrected chi connectivity index (χ2v) is 8.32.